The molecule has 142 valence electrons. The zero-order chi connectivity index (χ0) is 19.9. The van der Waals surface area contributed by atoms with Crippen molar-refractivity contribution in [3.8, 4) is 0 Å². The van der Waals surface area contributed by atoms with E-state index < -0.39 is 5.97 Å². The summed E-state index contributed by atoms with van der Waals surface area (Å²) in [5.74, 6) is -0.699. The number of halogens is 1. The molecule has 0 spiro atoms. The van der Waals surface area contributed by atoms with E-state index in [9.17, 15) is 9.59 Å². The fraction of sp³-hybridized carbons (Fsp3) is 0.0952. The van der Waals surface area contributed by atoms with Crippen molar-refractivity contribution in [3.63, 3.8) is 0 Å². The van der Waals surface area contributed by atoms with Crippen LogP contribution < -0.4 is 5.32 Å². The maximum absolute atomic E-state index is 12.1. The van der Waals surface area contributed by atoms with Crippen LogP contribution in [0.3, 0.4) is 0 Å². The topological polar surface area (TPSA) is 73.2 Å². The second kappa shape index (κ2) is 9.01. The minimum absolute atomic E-state index is 0.297. The minimum Gasteiger partial charge on any atom is -0.465 e. The standard InChI is InChI=1S/C21H18ClN3O3/c1-28-21(27)18-8-4-2-7-16(18)13-25-14-17(12-23-25)24-20(26)11-10-15-6-3-5-9-19(15)22/h2-12,14H,13H2,1H3,(H,24,26)/b11-10+. The van der Waals surface area contributed by atoms with Crippen molar-refractivity contribution in [1.29, 1.82) is 0 Å². The van der Waals surface area contributed by atoms with Crippen LogP contribution in [-0.4, -0.2) is 28.8 Å². The number of carbonyl (C=O) groups excluding carboxylic acids is 2. The number of amides is 1. The van der Waals surface area contributed by atoms with Crippen molar-refractivity contribution in [2.45, 2.75) is 6.54 Å². The predicted molar refractivity (Wildman–Crippen MR) is 108 cm³/mol. The molecule has 1 aromatic heterocycles. The molecule has 0 unspecified atom stereocenters. The third kappa shape index (κ3) is 4.86. The molecule has 1 amide bonds. The van der Waals surface area contributed by atoms with Gasteiger partial charge in [-0.05, 0) is 29.3 Å². The van der Waals surface area contributed by atoms with Gasteiger partial charge in [0.25, 0.3) is 0 Å². The normalized spacial score (nSPS) is 10.8. The molecule has 1 N–H and O–H groups in total. The summed E-state index contributed by atoms with van der Waals surface area (Å²) in [7, 11) is 1.34. The number of esters is 1. The Morgan fingerprint density at radius 2 is 1.93 bits per heavy atom. The van der Waals surface area contributed by atoms with E-state index in [2.05, 4.69) is 10.4 Å². The van der Waals surface area contributed by atoms with Crippen LogP contribution in [0.25, 0.3) is 6.08 Å². The molecule has 0 atom stereocenters. The molecule has 0 aliphatic heterocycles. The number of methoxy groups -OCH3 is 1. The van der Waals surface area contributed by atoms with Crippen molar-refractivity contribution in [1.82, 2.24) is 9.78 Å². The molecule has 0 saturated heterocycles. The van der Waals surface area contributed by atoms with Gasteiger partial charge in [0.05, 0.1) is 31.1 Å². The summed E-state index contributed by atoms with van der Waals surface area (Å²) in [6.45, 7) is 0.372. The first-order valence-electron chi connectivity index (χ1n) is 8.49. The van der Waals surface area contributed by atoms with E-state index in [4.69, 9.17) is 16.3 Å². The molecule has 7 heteroatoms. The van der Waals surface area contributed by atoms with Gasteiger partial charge in [-0.3, -0.25) is 9.48 Å². The highest BCUT2D eigenvalue weighted by molar-refractivity contribution is 6.32. The maximum atomic E-state index is 12.1. The average molecular weight is 396 g/mol. The summed E-state index contributed by atoms with van der Waals surface area (Å²) in [6, 6.07) is 14.4. The van der Waals surface area contributed by atoms with Gasteiger partial charge in [0.1, 0.15) is 0 Å². The van der Waals surface area contributed by atoms with E-state index in [1.54, 1.807) is 41.4 Å². The van der Waals surface area contributed by atoms with Crippen LogP contribution >= 0.6 is 11.6 Å². The van der Waals surface area contributed by atoms with Gasteiger partial charge in [0, 0.05) is 17.3 Å². The molecular formula is C21H18ClN3O3. The number of anilines is 1. The molecule has 3 aromatic rings. The van der Waals surface area contributed by atoms with Crippen LogP contribution in [-0.2, 0) is 16.1 Å². The lowest BCUT2D eigenvalue weighted by Gasteiger charge is -2.07. The number of rotatable bonds is 6. The van der Waals surface area contributed by atoms with E-state index in [0.717, 1.165) is 11.1 Å². The molecule has 0 fully saturated rings. The third-order valence-electron chi connectivity index (χ3n) is 3.98. The number of benzene rings is 2. The second-order valence-corrected chi connectivity index (χ2v) is 6.33. The molecule has 1 heterocycles. The number of carbonyl (C=O) groups is 2. The quantitative estimate of drug-likeness (QED) is 0.505. The lowest BCUT2D eigenvalue weighted by molar-refractivity contribution is -0.111. The van der Waals surface area contributed by atoms with Gasteiger partial charge in [-0.1, -0.05) is 48.0 Å². The number of ether oxygens (including phenoxy) is 1. The Hall–Kier alpha value is -3.38. The van der Waals surface area contributed by atoms with E-state index >= 15 is 0 Å². The number of hydrogen-bond acceptors (Lipinski definition) is 4. The molecule has 0 aliphatic carbocycles. The van der Waals surface area contributed by atoms with Crippen molar-refractivity contribution in [2.75, 3.05) is 12.4 Å². The molecule has 0 radical (unpaired) electrons. The molecule has 2 aromatic carbocycles. The molecule has 0 aliphatic rings. The second-order valence-electron chi connectivity index (χ2n) is 5.92. The first kappa shape index (κ1) is 19.4. The Balaban J connectivity index is 1.66. The van der Waals surface area contributed by atoms with Crippen LogP contribution in [0.15, 0.2) is 67.0 Å². The summed E-state index contributed by atoms with van der Waals surface area (Å²) >= 11 is 6.06. The van der Waals surface area contributed by atoms with Gasteiger partial charge in [-0.25, -0.2) is 4.79 Å². The highest BCUT2D eigenvalue weighted by Gasteiger charge is 2.12. The van der Waals surface area contributed by atoms with E-state index in [0.29, 0.717) is 22.8 Å². The van der Waals surface area contributed by atoms with Crippen LogP contribution in [0, 0.1) is 0 Å². The van der Waals surface area contributed by atoms with Crippen LogP contribution in [0.2, 0.25) is 5.02 Å². The molecular weight excluding hydrogens is 378 g/mol. The summed E-state index contributed by atoms with van der Waals surface area (Å²) < 4.78 is 6.44. The number of aromatic nitrogens is 2. The molecule has 6 nitrogen and oxygen atoms in total. The van der Waals surface area contributed by atoms with Crippen molar-refractivity contribution in [3.05, 3.63) is 88.7 Å². The van der Waals surface area contributed by atoms with Crippen molar-refractivity contribution in [2.24, 2.45) is 0 Å². The minimum atomic E-state index is -0.402. The first-order chi connectivity index (χ1) is 13.6. The number of hydrogen-bond donors (Lipinski definition) is 1. The zero-order valence-corrected chi connectivity index (χ0v) is 15.9. The van der Waals surface area contributed by atoms with Crippen molar-refractivity contribution < 1.29 is 14.3 Å². The lowest BCUT2D eigenvalue weighted by atomic mass is 10.1. The first-order valence-corrected chi connectivity index (χ1v) is 8.87. The Morgan fingerprint density at radius 1 is 1.18 bits per heavy atom. The van der Waals surface area contributed by atoms with Gasteiger partial charge in [0.15, 0.2) is 0 Å². The predicted octanol–water partition coefficient (Wildman–Crippen LogP) is 4.02. The van der Waals surface area contributed by atoms with Gasteiger partial charge in [-0.15, -0.1) is 0 Å². The number of nitrogens with one attached hydrogen (secondary N) is 1. The van der Waals surface area contributed by atoms with E-state index in [-0.39, 0.29) is 5.91 Å². The van der Waals surface area contributed by atoms with Gasteiger partial charge in [-0.2, -0.15) is 5.10 Å². The summed E-state index contributed by atoms with van der Waals surface area (Å²) in [5, 5.41) is 7.54. The Bertz CT molecular complexity index is 1030. The summed E-state index contributed by atoms with van der Waals surface area (Å²) in [6.07, 6.45) is 6.29. The Labute approximate surface area is 167 Å². The average Bonchev–Trinajstić information content (AvgIpc) is 3.14. The largest absolute Gasteiger partial charge is 0.465 e. The maximum Gasteiger partial charge on any atom is 0.338 e. The highest BCUT2D eigenvalue weighted by atomic mass is 35.5. The zero-order valence-electron chi connectivity index (χ0n) is 15.1. The molecule has 28 heavy (non-hydrogen) atoms. The van der Waals surface area contributed by atoms with Crippen LogP contribution in [0.5, 0.6) is 0 Å². The fourth-order valence-corrected chi connectivity index (χ4v) is 2.81. The van der Waals surface area contributed by atoms with Crippen molar-refractivity contribution >= 4 is 35.2 Å². The summed E-state index contributed by atoms with van der Waals surface area (Å²) in [5.41, 5.74) is 2.56. The monoisotopic (exact) mass is 395 g/mol. The smallest absolute Gasteiger partial charge is 0.338 e. The van der Waals surface area contributed by atoms with Crippen LogP contribution in [0.4, 0.5) is 5.69 Å². The Morgan fingerprint density at radius 3 is 2.71 bits per heavy atom. The van der Waals surface area contributed by atoms with Crippen LogP contribution in [0.1, 0.15) is 21.5 Å². The van der Waals surface area contributed by atoms with Gasteiger partial charge < -0.3 is 10.1 Å². The Kier molecular flexibility index (Phi) is 6.24. The molecule has 0 bridgehead atoms. The molecule has 3 rings (SSSR count). The fourth-order valence-electron chi connectivity index (χ4n) is 2.62. The van der Waals surface area contributed by atoms with Gasteiger partial charge >= 0.3 is 5.97 Å². The third-order valence-corrected chi connectivity index (χ3v) is 4.32. The van der Waals surface area contributed by atoms with E-state index in [1.165, 1.54) is 13.2 Å². The number of nitrogens with zero attached hydrogens (tertiary/aromatic N) is 2. The summed E-state index contributed by atoms with van der Waals surface area (Å²) in [4.78, 5) is 24.0. The SMILES string of the molecule is COC(=O)c1ccccc1Cn1cc(NC(=O)/C=C/c2ccccc2Cl)cn1. The van der Waals surface area contributed by atoms with E-state index in [1.807, 2.05) is 30.3 Å². The molecule has 0 saturated carbocycles. The lowest BCUT2D eigenvalue weighted by Crippen LogP contribution is -2.09. The highest BCUT2D eigenvalue weighted by Crippen LogP contribution is 2.17. The van der Waals surface area contributed by atoms with Gasteiger partial charge in [0.2, 0.25) is 5.91 Å².